The summed E-state index contributed by atoms with van der Waals surface area (Å²) in [6.45, 7) is 6.28. The van der Waals surface area contributed by atoms with Gasteiger partial charge in [0.05, 0.1) is 6.54 Å². The standard InChI is InChI=1S/C11H24N2O2/c1-10(2)13(9-11(12)14)7-5-4-6-8-15-3/h10H,4-9H2,1-3H3,(H2,12,14). The first-order valence-corrected chi connectivity index (χ1v) is 5.59. The molecule has 0 rings (SSSR count). The van der Waals surface area contributed by atoms with Gasteiger partial charge in [-0.05, 0) is 39.7 Å². The highest BCUT2D eigenvalue weighted by molar-refractivity contribution is 5.75. The van der Waals surface area contributed by atoms with Crippen LogP contribution in [0.3, 0.4) is 0 Å². The van der Waals surface area contributed by atoms with Gasteiger partial charge in [-0.1, -0.05) is 0 Å². The molecule has 0 aromatic heterocycles. The molecular weight excluding hydrogens is 192 g/mol. The minimum Gasteiger partial charge on any atom is -0.385 e. The number of unbranched alkanes of at least 4 members (excludes halogenated alkanes) is 2. The molecule has 0 aromatic rings. The third-order valence-electron chi connectivity index (χ3n) is 2.38. The Balaban J connectivity index is 3.62. The van der Waals surface area contributed by atoms with Crippen LogP contribution >= 0.6 is 0 Å². The SMILES string of the molecule is COCCCCCN(CC(N)=O)C(C)C. The van der Waals surface area contributed by atoms with Crippen molar-refractivity contribution in [1.29, 1.82) is 0 Å². The topological polar surface area (TPSA) is 55.6 Å². The van der Waals surface area contributed by atoms with Gasteiger partial charge in [0.25, 0.3) is 0 Å². The molecule has 0 bridgehead atoms. The van der Waals surface area contributed by atoms with Gasteiger partial charge in [0, 0.05) is 19.8 Å². The molecule has 90 valence electrons. The molecule has 0 saturated carbocycles. The summed E-state index contributed by atoms with van der Waals surface area (Å²) in [5.41, 5.74) is 5.18. The van der Waals surface area contributed by atoms with Crippen molar-refractivity contribution < 1.29 is 9.53 Å². The summed E-state index contributed by atoms with van der Waals surface area (Å²) in [6.07, 6.45) is 3.31. The Hall–Kier alpha value is -0.610. The zero-order valence-corrected chi connectivity index (χ0v) is 10.2. The van der Waals surface area contributed by atoms with Crippen LogP contribution in [-0.2, 0) is 9.53 Å². The Labute approximate surface area is 92.8 Å². The quantitative estimate of drug-likeness (QED) is 0.585. The fourth-order valence-electron chi connectivity index (χ4n) is 1.46. The highest BCUT2D eigenvalue weighted by Crippen LogP contribution is 2.03. The fourth-order valence-corrected chi connectivity index (χ4v) is 1.46. The Morgan fingerprint density at radius 3 is 2.47 bits per heavy atom. The average molecular weight is 216 g/mol. The molecule has 1 amide bonds. The summed E-state index contributed by atoms with van der Waals surface area (Å²) in [7, 11) is 1.72. The normalized spacial score (nSPS) is 11.3. The summed E-state index contributed by atoms with van der Waals surface area (Å²) in [6, 6.07) is 0.375. The lowest BCUT2D eigenvalue weighted by Gasteiger charge is -2.24. The second-order valence-corrected chi connectivity index (χ2v) is 4.08. The van der Waals surface area contributed by atoms with Gasteiger partial charge in [-0.2, -0.15) is 0 Å². The van der Waals surface area contributed by atoms with Crippen LogP contribution in [0.15, 0.2) is 0 Å². The maximum absolute atomic E-state index is 10.8. The highest BCUT2D eigenvalue weighted by Gasteiger charge is 2.10. The van der Waals surface area contributed by atoms with E-state index in [1.165, 1.54) is 0 Å². The molecule has 0 radical (unpaired) electrons. The van der Waals surface area contributed by atoms with Gasteiger partial charge < -0.3 is 10.5 Å². The van der Waals surface area contributed by atoms with Gasteiger partial charge in [-0.3, -0.25) is 9.69 Å². The van der Waals surface area contributed by atoms with E-state index in [4.69, 9.17) is 10.5 Å². The number of amides is 1. The number of carbonyl (C=O) groups excluding carboxylic acids is 1. The van der Waals surface area contributed by atoms with E-state index >= 15 is 0 Å². The largest absolute Gasteiger partial charge is 0.385 e. The molecule has 0 atom stereocenters. The molecule has 15 heavy (non-hydrogen) atoms. The summed E-state index contributed by atoms with van der Waals surface area (Å²) < 4.78 is 4.97. The van der Waals surface area contributed by atoms with E-state index in [0.717, 1.165) is 32.4 Å². The molecule has 4 heteroatoms. The second-order valence-electron chi connectivity index (χ2n) is 4.08. The first kappa shape index (κ1) is 14.4. The predicted octanol–water partition coefficient (Wildman–Crippen LogP) is 0.999. The number of primary amides is 1. The zero-order chi connectivity index (χ0) is 11.7. The van der Waals surface area contributed by atoms with Crippen molar-refractivity contribution in [3.63, 3.8) is 0 Å². The lowest BCUT2D eigenvalue weighted by molar-refractivity contribution is -0.119. The van der Waals surface area contributed by atoms with Crippen LogP contribution < -0.4 is 5.73 Å². The van der Waals surface area contributed by atoms with Crippen LogP contribution in [0.1, 0.15) is 33.1 Å². The molecular formula is C11H24N2O2. The van der Waals surface area contributed by atoms with E-state index in [0.29, 0.717) is 12.6 Å². The molecule has 0 aliphatic heterocycles. The maximum Gasteiger partial charge on any atom is 0.231 e. The molecule has 2 N–H and O–H groups in total. The van der Waals surface area contributed by atoms with Gasteiger partial charge in [0.2, 0.25) is 5.91 Å². The summed E-state index contributed by atoms with van der Waals surface area (Å²) in [5, 5.41) is 0. The van der Waals surface area contributed by atoms with Crippen molar-refractivity contribution in [2.75, 3.05) is 26.8 Å². The van der Waals surface area contributed by atoms with Crippen LogP contribution in [0.5, 0.6) is 0 Å². The molecule has 0 aromatic carbocycles. The van der Waals surface area contributed by atoms with Gasteiger partial charge in [-0.15, -0.1) is 0 Å². The molecule has 0 aliphatic carbocycles. The maximum atomic E-state index is 10.8. The van der Waals surface area contributed by atoms with Crippen LogP contribution in [0.4, 0.5) is 0 Å². The van der Waals surface area contributed by atoms with Crippen molar-refractivity contribution in [1.82, 2.24) is 4.90 Å². The molecule has 0 spiro atoms. The number of methoxy groups -OCH3 is 1. The van der Waals surface area contributed by atoms with Gasteiger partial charge >= 0.3 is 0 Å². The molecule has 0 heterocycles. The van der Waals surface area contributed by atoms with Crippen molar-refractivity contribution in [2.45, 2.75) is 39.2 Å². The van der Waals surface area contributed by atoms with Crippen LogP contribution in [0.25, 0.3) is 0 Å². The number of carbonyl (C=O) groups is 1. The summed E-state index contributed by atoms with van der Waals surface area (Å²) in [5.74, 6) is -0.249. The van der Waals surface area contributed by atoms with Crippen molar-refractivity contribution in [3.05, 3.63) is 0 Å². The molecule has 0 unspecified atom stereocenters. The average Bonchev–Trinajstić information content (AvgIpc) is 2.15. The molecule has 0 saturated heterocycles. The number of nitrogens with zero attached hydrogens (tertiary/aromatic N) is 1. The third kappa shape index (κ3) is 8.39. The first-order chi connectivity index (χ1) is 7.07. The van der Waals surface area contributed by atoms with E-state index in [9.17, 15) is 4.79 Å². The van der Waals surface area contributed by atoms with E-state index < -0.39 is 0 Å². The fraction of sp³-hybridized carbons (Fsp3) is 0.909. The second kappa shape index (κ2) is 8.68. The smallest absolute Gasteiger partial charge is 0.231 e. The number of nitrogens with two attached hydrogens (primary N) is 1. The summed E-state index contributed by atoms with van der Waals surface area (Å²) in [4.78, 5) is 12.9. The van der Waals surface area contributed by atoms with E-state index in [-0.39, 0.29) is 5.91 Å². The highest BCUT2D eigenvalue weighted by atomic mass is 16.5. The van der Waals surface area contributed by atoms with Crippen molar-refractivity contribution >= 4 is 5.91 Å². The summed E-state index contributed by atoms with van der Waals surface area (Å²) >= 11 is 0. The van der Waals surface area contributed by atoms with Gasteiger partial charge in [0.15, 0.2) is 0 Å². The number of rotatable bonds is 9. The number of ether oxygens (including phenoxy) is 1. The van der Waals surface area contributed by atoms with Crippen molar-refractivity contribution in [2.24, 2.45) is 5.73 Å². The van der Waals surface area contributed by atoms with E-state index in [1.54, 1.807) is 7.11 Å². The predicted molar refractivity (Wildman–Crippen MR) is 61.6 cm³/mol. The van der Waals surface area contributed by atoms with Crippen LogP contribution in [-0.4, -0.2) is 43.7 Å². The third-order valence-corrected chi connectivity index (χ3v) is 2.38. The minimum absolute atomic E-state index is 0.249. The molecule has 0 aliphatic rings. The zero-order valence-electron chi connectivity index (χ0n) is 10.2. The Kier molecular flexibility index (Phi) is 8.33. The van der Waals surface area contributed by atoms with Crippen LogP contribution in [0, 0.1) is 0 Å². The first-order valence-electron chi connectivity index (χ1n) is 5.59. The monoisotopic (exact) mass is 216 g/mol. The Morgan fingerprint density at radius 1 is 1.33 bits per heavy atom. The lowest BCUT2D eigenvalue weighted by atomic mass is 10.2. The number of hydrogen-bond donors (Lipinski definition) is 1. The Morgan fingerprint density at radius 2 is 2.00 bits per heavy atom. The Bertz CT molecular complexity index is 172. The number of hydrogen-bond acceptors (Lipinski definition) is 3. The van der Waals surface area contributed by atoms with Crippen LogP contribution in [0.2, 0.25) is 0 Å². The molecule has 0 fully saturated rings. The van der Waals surface area contributed by atoms with E-state index in [1.807, 2.05) is 0 Å². The minimum atomic E-state index is -0.249. The van der Waals surface area contributed by atoms with E-state index in [2.05, 4.69) is 18.7 Å². The lowest BCUT2D eigenvalue weighted by Crippen LogP contribution is -2.39. The molecule has 4 nitrogen and oxygen atoms in total. The van der Waals surface area contributed by atoms with Crippen molar-refractivity contribution in [3.8, 4) is 0 Å². The van der Waals surface area contributed by atoms with Gasteiger partial charge in [0.1, 0.15) is 0 Å². The van der Waals surface area contributed by atoms with Gasteiger partial charge in [-0.25, -0.2) is 0 Å².